The van der Waals surface area contributed by atoms with Gasteiger partial charge in [-0.3, -0.25) is 4.98 Å². The molecule has 116 valence electrons. The first kappa shape index (κ1) is 14.9. The zero-order valence-corrected chi connectivity index (χ0v) is 13.1. The highest BCUT2D eigenvalue weighted by Gasteiger charge is 2.13. The summed E-state index contributed by atoms with van der Waals surface area (Å²) in [5, 5.41) is 0. The SMILES string of the molecule is CN(C)Cc1cccc(-c2cnc(N3CCOCC3)nc2)n1. The van der Waals surface area contributed by atoms with Gasteiger partial charge in [-0.2, -0.15) is 0 Å². The van der Waals surface area contributed by atoms with Gasteiger partial charge in [0.05, 0.1) is 24.6 Å². The molecule has 0 atom stereocenters. The molecule has 3 heterocycles. The van der Waals surface area contributed by atoms with Gasteiger partial charge < -0.3 is 14.5 Å². The molecule has 1 aliphatic rings. The van der Waals surface area contributed by atoms with E-state index in [1.54, 1.807) is 0 Å². The number of hydrogen-bond acceptors (Lipinski definition) is 6. The molecule has 0 radical (unpaired) electrons. The average Bonchev–Trinajstić information content (AvgIpc) is 2.55. The number of pyridine rings is 1. The molecule has 0 aromatic carbocycles. The van der Waals surface area contributed by atoms with E-state index < -0.39 is 0 Å². The lowest BCUT2D eigenvalue weighted by molar-refractivity contribution is 0.122. The minimum atomic E-state index is 0.735. The Morgan fingerprint density at radius 1 is 1.14 bits per heavy atom. The summed E-state index contributed by atoms with van der Waals surface area (Å²) in [6, 6.07) is 6.05. The third-order valence-electron chi connectivity index (χ3n) is 3.51. The van der Waals surface area contributed by atoms with Crippen LogP contribution in [0, 0.1) is 0 Å². The number of morpholine rings is 1. The highest BCUT2D eigenvalue weighted by atomic mass is 16.5. The monoisotopic (exact) mass is 299 g/mol. The number of ether oxygens (including phenoxy) is 1. The van der Waals surface area contributed by atoms with Crippen LogP contribution in [-0.4, -0.2) is 60.3 Å². The van der Waals surface area contributed by atoms with Crippen molar-refractivity contribution < 1.29 is 4.74 Å². The van der Waals surface area contributed by atoms with Crippen molar-refractivity contribution in [2.24, 2.45) is 0 Å². The van der Waals surface area contributed by atoms with Crippen LogP contribution in [0.2, 0.25) is 0 Å². The zero-order valence-electron chi connectivity index (χ0n) is 13.1. The summed E-state index contributed by atoms with van der Waals surface area (Å²) in [7, 11) is 4.07. The lowest BCUT2D eigenvalue weighted by Gasteiger charge is -2.26. The minimum Gasteiger partial charge on any atom is -0.378 e. The molecule has 0 saturated carbocycles. The van der Waals surface area contributed by atoms with E-state index >= 15 is 0 Å². The molecule has 0 amide bonds. The fourth-order valence-corrected chi connectivity index (χ4v) is 2.43. The van der Waals surface area contributed by atoms with Crippen molar-refractivity contribution in [2.45, 2.75) is 6.54 Å². The normalized spacial score (nSPS) is 15.3. The van der Waals surface area contributed by atoms with Crippen molar-refractivity contribution in [3.05, 3.63) is 36.3 Å². The second kappa shape index (κ2) is 6.81. The first-order valence-corrected chi connectivity index (χ1v) is 7.48. The van der Waals surface area contributed by atoms with Crippen molar-refractivity contribution in [1.82, 2.24) is 19.9 Å². The van der Waals surface area contributed by atoms with Crippen LogP contribution in [-0.2, 0) is 11.3 Å². The smallest absolute Gasteiger partial charge is 0.225 e. The van der Waals surface area contributed by atoms with Crippen LogP contribution in [0.4, 0.5) is 5.95 Å². The lowest BCUT2D eigenvalue weighted by Crippen LogP contribution is -2.37. The van der Waals surface area contributed by atoms with Gasteiger partial charge in [-0.05, 0) is 26.2 Å². The molecule has 0 aliphatic carbocycles. The number of aromatic nitrogens is 3. The molecule has 6 heteroatoms. The number of rotatable bonds is 4. The fourth-order valence-electron chi connectivity index (χ4n) is 2.43. The number of anilines is 1. The summed E-state index contributed by atoms with van der Waals surface area (Å²) in [5.41, 5.74) is 2.89. The minimum absolute atomic E-state index is 0.735. The Balaban J connectivity index is 1.77. The van der Waals surface area contributed by atoms with E-state index in [0.29, 0.717) is 0 Å². The first-order valence-electron chi connectivity index (χ1n) is 7.48. The highest BCUT2D eigenvalue weighted by molar-refractivity contribution is 5.57. The van der Waals surface area contributed by atoms with Gasteiger partial charge in [0.25, 0.3) is 0 Å². The van der Waals surface area contributed by atoms with Crippen LogP contribution in [0.15, 0.2) is 30.6 Å². The lowest BCUT2D eigenvalue weighted by atomic mass is 10.2. The Morgan fingerprint density at radius 2 is 1.86 bits per heavy atom. The summed E-state index contributed by atoms with van der Waals surface area (Å²) in [6.07, 6.45) is 3.69. The molecule has 1 aliphatic heterocycles. The molecule has 0 unspecified atom stereocenters. The summed E-state index contributed by atoms with van der Waals surface area (Å²) in [5.74, 6) is 0.761. The molecule has 1 fully saturated rings. The molecule has 0 spiro atoms. The predicted octanol–water partition coefficient (Wildman–Crippen LogP) is 1.44. The maximum absolute atomic E-state index is 5.35. The van der Waals surface area contributed by atoms with E-state index in [9.17, 15) is 0 Å². The summed E-state index contributed by atoms with van der Waals surface area (Å²) < 4.78 is 5.35. The van der Waals surface area contributed by atoms with E-state index in [1.807, 2.05) is 44.7 Å². The summed E-state index contributed by atoms with van der Waals surface area (Å²) in [4.78, 5) is 17.9. The van der Waals surface area contributed by atoms with Gasteiger partial charge in [-0.25, -0.2) is 9.97 Å². The predicted molar refractivity (Wildman–Crippen MR) is 85.7 cm³/mol. The van der Waals surface area contributed by atoms with E-state index in [0.717, 1.165) is 55.7 Å². The maximum atomic E-state index is 5.35. The molecule has 1 saturated heterocycles. The van der Waals surface area contributed by atoms with Gasteiger partial charge in [0.15, 0.2) is 0 Å². The molecular formula is C16H21N5O. The average molecular weight is 299 g/mol. The van der Waals surface area contributed by atoms with Crippen molar-refractivity contribution in [3.8, 4) is 11.3 Å². The van der Waals surface area contributed by atoms with E-state index in [2.05, 4.69) is 24.8 Å². The quantitative estimate of drug-likeness (QED) is 0.851. The third-order valence-corrected chi connectivity index (χ3v) is 3.51. The van der Waals surface area contributed by atoms with Crippen molar-refractivity contribution in [1.29, 1.82) is 0 Å². The second-order valence-corrected chi connectivity index (χ2v) is 5.62. The van der Waals surface area contributed by atoms with E-state index in [4.69, 9.17) is 4.74 Å². The van der Waals surface area contributed by atoms with Crippen LogP contribution < -0.4 is 4.90 Å². The van der Waals surface area contributed by atoms with Crippen molar-refractivity contribution >= 4 is 5.95 Å². The highest BCUT2D eigenvalue weighted by Crippen LogP contribution is 2.18. The van der Waals surface area contributed by atoms with Crippen LogP contribution in [0.3, 0.4) is 0 Å². The molecule has 2 aromatic rings. The van der Waals surface area contributed by atoms with Gasteiger partial charge in [-0.15, -0.1) is 0 Å². The number of nitrogens with zero attached hydrogens (tertiary/aromatic N) is 5. The molecule has 3 rings (SSSR count). The van der Waals surface area contributed by atoms with Crippen LogP contribution in [0.25, 0.3) is 11.3 Å². The van der Waals surface area contributed by atoms with Gasteiger partial charge in [0.2, 0.25) is 5.95 Å². The van der Waals surface area contributed by atoms with E-state index in [1.165, 1.54) is 0 Å². The molecule has 0 bridgehead atoms. The zero-order chi connectivity index (χ0) is 15.4. The largest absolute Gasteiger partial charge is 0.378 e. The summed E-state index contributed by atoms with van der Waals surface area (Å²) >= 11 is 0. The molecule has 2 aromatic heterocycles. The second-order valence-electron chi connectivity index (χ2n) is 5.62. The van der Waals surface area contributed by atoms with Gasteiger partial charge in [0.1, 0.15) is 0 Å². The Kier molecular flexibility index (Phi) is 4.60. The fraction of sp³-hybridized carbons (Fsp3) is 0.438. The first-order chi connectivity index (χ1) is 10.7. The molecule has 6 nitrogen and oxygen atoms in total. The standard InChI is InChI=1S/C16H21N5O/c1-20(2)12-14-4-3-5-15(19-14)13-10-17-16(18-11-13)21-6-8-22-9-7-21/h3-5,10-11H,6-9,12H2,1-2H3. The van der Waals surface area contributed by atoms with E-state index in [-0.39, 0.29) is 0 Å². The van der Waals surface area contributed by atoms with Crippen LogP contribution in [0.5, 0.6) is 0 Å². The summed E-state index contributed by atoms with van der Waals surface area (Å²) in [6.45, 7) is 3.98. The van der Waals surface area contributed by atoms with Gasteiger partial charge in [0, 0.05) is 37.6 Å². The Morgan fingerprint density at radius 3 is 2.55 bits per heavy atom. The van der Waals surface area contributed by atoms with Crippen LogP contribution in [0.1, 0.15) is 5.69 Å². The van der Waals surface area contributed by atoms with Crippen molar-refractivity contribution in [3.63, 3.8) is 0 Å². The molecule has 0 N–H and O–H groups in total. The van der Waals surface area contributed by atoms with Crippen LogP contribution >= 0.6 is 0 Å². The topological polar surface area (TPSA) is 54.4 Å². The van der Waals surface area contributed by atoms with Gasteiger partial charge in [-0.1, -0.05) is 6.07 Å². The third kappa shape index (κ3) is 3.58. The maximum Gasteiger partial charge on any atom is 0.225 e. The Bertz CT molecular complexity index is 608. The van der Waals surface area contributed by atoms with Crippen molar-refractivity contribution in [2.75, 3.05) is 45.3 Å². The molecular weight excluding hydrogens is 278 g/mol. The Labute approximate surface area is 130 Å². The number of hydrogen-bond donors (Lipinski definition) is 0. The van der Waals surface area contributed by atoms with Gasteiger partial charge >= 0.3 is 0 Å². The molecule has 22 heavy (non-hydrogen) atoms. The Hall–Kier alpha value is -2.05.